The number of amides is 2. The van der Waals surface area contributed by atoms with Gasteiger partial charge in [0.25, 0.3) is 0 Å². The van der Waals surface area contributed by atoms with Crippen LogP contribution < -0.4 is 15.5 Å². The van der Waals surface area contributed by atoms with Crippen LogP contribution in [0.4, 0.5) is 5.69 Å². The Morgan fingerprint density at radius 3 is 2.16 bits per heavy atom. The maximum Gasteiger partial charge on any atom is 0.329 e. The molecule has 3 aromatic rings. The lowest BCUT2D eigenvalue weighted by Gasteiger charge is -2.10. The molecular formula is C25H25N3O3. The first-order valence-corrected chi connectivity index (χ1v) is 9.91. The summed E-state index contributed by atoms with van der Waals surface area (Å²) in [6.07, 6.45) is 1.47. The zero-order valence-corrected chi connectivity index (χ0v) is 17.8. The number of carbonyl (C=O) groups is 2. The fourth-order valence-corrected chi connectivity index (χ4v) is 2.90. The molecule has 0 saturated heterocycles. The Kier molecular flexibility index (Phi) is 7.17. The van der Waals surface area contributed by atoms with Gasteiger partial charge in [-0.3, -0.25) is 9.59 Å². The Morgan fingerprint density at radius 1 is 0.871 bits per heavy atom. The average Bonchev–Trinajstić information content (AvgIpc) is 2.76. The molecule has 0 bridgehead atoms. The van der Waals surface area contributed by atoms with Crippen molar-refractivity contribution in [3.8, 4) is 5.75 Å². The monoisotopic (exact) mass is 415 g/mol. The molecule has 0 aliphatic heterocycles. The van der Waals surface area contributed by atoms with E-state index in [0.29, 0.717) is 12.3 Å². The number of nitrogens with one attached hydrogen (secondary N) is 2. The summed E-state index contributed by atoms with van der Waals surface area (Å²) in [6.45, 7) is 6.27. The summed E-state index contributed by atoms with van der Waals surface area (Å²) >= 11 is 0. The molecule has 0 aromatic heterocycles. The lowest BCUT2D eigenvalue weighted by molar-refractivity contribution is -0.136. The van der Waals surface area contributed by atoms with E-state index in [9.17, 15) is 9.59 Å². The summed E-state index contributed by atoms with van der Waals surface area (Å²) in [4.78, 5) is 24.1. The number of aryl methyl sites for hydroxylation is 3. The second-order valence-corrected chi connectivity index (χ2v) is 7.26. The molecule has 0 radical (unpaired) electrons. The van der Waals surface area contributed by atoms with E-state index >= 15 is 0 Å². The maximum absolute atomic E-state index is 12.1. The lowest BCUT2D eigenvalue weighted by Crippen LogP contribution is -2.32. The van der Waals surface area contributed by atoms with Gasteiger partial charge in [-0.1, -0.05) is 48.0 Å². The molecule has 0 fully saturated rings. The minimum Gasteiger partial charge on any atom is -0.489 e. The third-order valence-corrected chi connectivity index (χ3v) is 4.71. The fourth-order valence-electron chi connectivity index (χ4n) is 2.90. The van der Waals surface area contributed by atoms with E-state index in [4.69, 9.17) is 4.74 Å². The predicted octanol–water partition coefficient (Wildman–Crippen LogP) is 4.28. The second-order valence-electron chi connectivity index (χ2n) is 7.26. The zero-order valence-electron chi connectivity index (χ0n) is 17.8. The van der Waals surface area contributed by atoms with Gasteiger partial charge in [-0.05, 0) is 67.3 Å². The molecule has 0 atom stereocenters. The number of rotatable bonds is 6. The number of anilines is 1. The molecule has 0 heterocycles. The smallest absolute Gasteiger partial charge is 0.329 e. The maximum atomic E-state index is 12.1. The molecule has 2 amide bonds. The Morgan fingerprint density at radius 2 is 1.52 bits per heavy atom. The summed E-state index contributed by atoms with van der Waals surface area (Å²) < 4.78 is 5.77. The highest BCUT2D eigenvalue weighted by atomic mass is 16.5. The van der Waals surface area contributed by atoms with Gasteiger partial charge in [0.05, 0.1) is 6.21 Å². The minimum atomic E-state index is -0.836. The average molecular weight is 415 g/mol. The molecule has 6 heteroatoms. The van der Waals surface area contributed by atoms with Crippen LogP contribution in [0.25, 0.3) is 0 Å². The molecule has 3 aromatic carbocycles. The number of ether oxygens (including phenoxy) is 1. The largest absolute Gasteiger partial charge is 0.489 e. The Bertz CT molecular complexity index is 1070. The SMILES string of the molecule is Cc1ccc(COc2ccc(C=NNC(=O)C(=O)Nc3c(C)cccc3C)cc2)cc1. The van der Waals surface area contributed by atoms with Gasteiger partial charge in [0.2, 0.25) is 0 Å². The number of benzene rings is 3. The van der Waals surface area contributed by atoms with Gasteiger partial charge in [-0.15, -0.1) is 0 Å². The Labute approximate surface area is 182 Å². The van der Waals surface area contributed by atoms with Gasteiger partial charge >= 0.3 is 11.8 Å². The molecule has 2 N–H and O–H groups in total. The van der Waals surface area contributed by atoms with Crippen molar-refractivity contribution in [3.05, 3.63) is 94.5 Å². The standard InChI is InChI=1S/C25H25N3O3/c1-17-7-9-21(10-8-17)16-31-22-13-11-20(12-14-22)15-26-28-25(30)24(29)27-23-18(2)5-4-6-19(23)3/h4-15H,16H2,1-3H3,(H,27,29)(H,28,30). The van der Waals surface area contributed by atoms with Gasteiger partial charge in [-0.2, -0.15) is 5.10 Å². The van der Waals surface area contributed by atoms with E-state index < -0.39 is 11.8 Å². The zero-order chi connectivity index (χ0) is 22.2. The first-order valence-electron chi connectivity index (χ1n) is 9.91. The number of carbonyl (C=O) groups excluding carboxylic acids is 2. The highest BCUT2D eigenvalue weighted by Crippen LogP contribution is 2.19. The van der Waals surface area contributed by atoms with Crippen molar-refractivity contribution in [1.29, 1.82) is 0 Å². The van der Waals surface area contributed by atoms with E-state index in [1.165, 1.54) is 11.8 Å². The number of nitrogens with zero attached hydrogens (tertiary/aromatic N) is 1. The van der Waals surface area contributed by atoms with Crippen molar-refractivity contribution in [3.63, 3.8) is 0 Å². The van der Waals surface area contributed by atoms with E-state index in [-0.39, 0.29) is 0 Å². The van der Waals surface area contributed by atoms with Gasteiger partial charge < -0.3 is 10.1 Å². The molecule has 31 heavy (non-hydrogen) atoms. The number of hydrogen-bond acceptors (Lipinski definition) is 4. The summed E-state index contributed by atoms with van der Waals surface area (Å²) in [7, 11) is 0. The van der Waals surface area contributed by atoms with Crippen LogP contribution in [0.1, 0.15) is 27.8 Å². The first kappa shape index (κ1) is 21.8. The van der Waals surface area contributed by atoms with Crippen LogP contribution in [-0.4, -0.2) is 18.0 Å². The van der Waals surface area contributed by atoms with Crippen LogP contribution in [0.2, 0.25) is 0 Å². The highest BCUT2D eigenvalue weighted by molar-refractivity contribution is 6.39. The number of hydrogen-bond donors (Lipinski definition) is 2. The highest BCUT2D eigenvalue weighted by Gasteiger charge is 2.15. The number of hydrazone groups is 1. The molecular weight excluding hydrogens is 390 g/mol. The van der Waals surface area contributed by atoms with Crippen molar-refractivity contribution < 1.29 is 14.3 Å². The van der Waals surface area contributed by atoms with Crippen molar-refractivity contribution in [2.24, 2.45) is 5.10 Å². The molecule has 0 aliphatic rings. The van der Waals surface area contributed by atoms with Crippen LogP contribution >= 0.6 is 0 Å². The van der Waals surface area contributed by atoms with Crippen molar-refractivity contribution in [2.45, 2.75) is 27.4 Å². The molecule has 6 nitrogen and oxygen atoms in total. The van der Waals surface area contributed by atoms with E-state index in [1.807, 2.05) is 75.4 Å². The first-order chi connectivity index (χ1) is 14.9. The normalized spacial score (nSPS) is 10.7. The third kappa shape index (κ3) is 6.27. The van der Waals surface area contributed by atoms with Crippen LogP contribution in [0.5, 0.6) is 5.75 Å². The molecule has 0 aliphatic carbocycles. The summed E-state index contributed by atoms with van der Waals surface area (Å²) in [5.41, 5.74) is 7.71. The van der Waals surface area contributed by atoms with Crippen LogP contribution in [0, 0.1) is 20.8 Å². The predicted molar refractivity (Wildman–Crippen MR) is 122 cm³/mol. The molecule has 0 saturated carbocycles. The summed E-state index contributed by atoms with van der Waals surface area (Å²) in [5, 5.41) is 6.48. The minimum absolute atomic E-state index is 0.485. The Balaban J connectivity index is 1.49. The van der Waals surface area contributed by atoms with Gasteiger partial charge in [-0.25, -0.2) is 5.43 Å². The van der Waals surface area contributed by atoms with Crippen molar-refractivity contribution >= 4 is 23.7 Å². The van der Waals surface area contributed by atoms with Crippen LogP contribution in [0.3, 0.4) is 0 Å². The quantitative estimate of drug-likeness (QED) is 0.358. The van der Waals surface area contributed by atoms with Crippen molar-refractivity contribution in [1.82, 2.24) is 5.43 Å². The van der Waals surface area contributed by atoms with E-state index in [1.54, 1.807) is 0 Å². The van der Waals surface area contributed by atoms with Gasteiger partial charge in [0.1, 0.15) is 12.4 Å². The molecule has 0 spiro atoms. The molecule has 158 valence electrons. The lowest BCUT2D eigenvalue weighted by atomic mass is 10.1. The van der Waals surface area contributed by atoms with E-state index in [0.717, 1.165) is 28.0 Å². The van der Waals surface area contributed by atoms with Gasteiger partial charge in [0.15, 0.2) is 0 Å². The third-order valence-electron chi connectivity index (χ3n) is 4.71. The van der Waals surface area contributed by atoms with E-state index in [2.05, 4.69) is 28.0 Å². The second kappa shape index (κ2) is 10.2. The van der Waals surface area contributed by atoms with Gasteiger partial charge in [0, 0.05) is 5.69 Å². The fraction of sp³-hybridized carbons (Fsp3) is 0.160. The topological polar surface area (TPSA) is 79.8 Å². The molecule has 3 rings (SSSR count). The van der Waals surface area contributed by atoms with Crippen LogP contribution in [0.15, 0.2) is 71.8 Å². The summed E-state index contributed by atoms with van der Waals surface area (Å²) in [5.74, 6) is -0.874. The summed E-state index contributed by atoms with van der Waals surface area (Å²) in [6, 6.07) is 21.1. The van der Waals surface area contributed by atoms with Crippen LogP contribution in [-0.2, 0) is 16.2 Å². The number of para-hydroxylation sites is 1. The molecule has 0 unspecified atom stereocenters. The van der Waals surface area contributed by atoms with Crippen molar-refractivity contribution in [2.75, 3.05) is 5.32 Å². The Hall–Kier alpha value is -3.93.